The zero-order chi connectivity index (χ0) is 29.6. The van der Waals surface area contributed by atoms with Crippen LogP contribution in [0.5, 0.6) is 0 Å². The van der Waals surface area contributed by atoms with E-state index in [0.29, 0.717) is 32.2 Å². The lowest BCUT2D eigenvalue weighted by molar-refractivity contribution is -0.122. The van der Waals surface area contributed by atoms with Crippen molar-refractivity contribution in [3.05, 3.63) is 0 Å². The maximum Gasteiger partial charge on any atom is 0.224 e. The molecule has 2 unspecified atom stereocenters. The molecule has 0 aliphatic rings. The van der Waals surface area contributed by atoms with Crippen LogP contribution in [0.15, 0.2) is 0 Å². The van der Waals surface area contributed by atoms with Crippen molar-refractivity contribution in [3.63, 3.8) is 0 Å². The van der Waals surface area contributed by atoms with Crippen molar-refractivity contribution in [2.24, 2.45) is 0 Å². The molecule has 0 spiro atoms. The van der Waals surface area contributed by atoms with Gasteiger partial charge in [0.05, 0.1) is 11.7 Å². The maximum absolute atomic E-state index is 11.3. The van der Waals surface area contributed by atoms with Crippen molar-refractivity contribution in [3.8, 4) is 0 Å². The minimum Gasteiger partial charge on any atom is -0.378 e. The molecule has 222 valence electrons. The van der Waals surface area contributed by atoms with E-state index in [9.17, 15) is 9.59 Å². The molecule has 2 amide bonds. The highest BCUT2D eigenvalue weighted by atomic mass is 31.0. The summed E-state index contributed by atoms with van der Waals surface area (Å²) >= 11 is 0. The van der Waals surface area contributed by atoms with Gasteiger partial charge < -0.3 is 25.4 Å². The van der Waals surface area contributed by atoms with Crippen molar-refractivity contribution in [2.45, 2.75) is 133 Å². The van der Waals surface area contributed by atoms with E-state index in [2.05, 4.69) is 39.0 Å². The fourth-order valence-corrected chi connectivity index (χ4v) is 2.70. The van der Waals surface area contributed by atoms with Crippen LogP contribution in [0.25, 0.3) is 0 Å². The standard InChI is InChI=1S/C14H29N2O3P.C8H19NO.3C2H6/c1-5-15-12(17)7-6-11(2)19-9-8-14(3,4)16-13(18)10-20;1-5-10-8(2,3)6-7-9-4;3*1-2/h11H,5-10,20H2,1-4H3,(H,15,17)(H,16,18);9H,5-7H2,1-4H3;3*1-2H3. The van der Waals surface area contributed by atoms with Crippen LogP contribution in [0.3, 0.4) is 0 Å². The van der Waals surface area contributed by atoms with Gasteiger partial charge in [-0.2, -0.15) is 0 Å². The highest BCUT2D eigenvalue weighted by Crippen LogP contribution is 2.12. The zero-order valence-electron chi connectivity index (χ0n) is 26.7. The van der Waals surface area contributed by atoms with Crippen LogP contribution in [0.1, 0.15) is 116 Å². The average molecular weight is 540 g/mol. The Bertz CT molecular complexity index is 462. The first-order chi connectivity index (χ1) is 16.9. The fourth-order valence-electron chi connectivity index (χ4n) is 2.60. The number of hydrogen-bond acceptors (Lipinski definition) is 5. The van der Waals surface area contributed by atoms with Crippen molar-refractivity contribution in [2.75, 3.05) is 39.5 Å². The predicted molar refractivity (Wildman–Crippen MR) is 163 cm³/mol. The number of carbonyl (C=O) groups is 2. The molecule has 0 fully saturated rings. The molecule has 0 bridgehead atoms. The predicted octanol–water partition coefficient (Wildman–Crippen LogP) is 5.96. The third-order valence-corrected chi connectivity index (χ3v) is 4.83. The highest BCUT2D eigenvalue weighted by Gasteiger charge is 2.20. The first kappa shape index (κ1) is 45.2. The van der Waals surface area contributed by atoms with Gasteiger partial charge in [-0.1, -0.05) is 41.5 Å². The van der Waals surface area contributed by atoms with Crippen molar-refractivity contribution < 1.29 is 19.1 Å². The Kier molecular flexibility index (Phi) is 40.5. The summed E-state index contributed by atoms with van der Waals surface area (Å²) in [7, 11) is 4.37. The summed E-state index contributed by atoms with van der Waals surface area (Å²) in [5, 5.41) is 8.81. The lowest BCUT2D eigenvalue weighted by Crippen LogP contribution is -2.44. The molecule has 2 atom stereocenters. The molecule has 8 heteroatoms. The fraction of sp³-hybridized carbons (Fsp3) is 0.929. The summed E-state index contributed by atoms with van der Waals surface area (Å²) in [5.41, 5.74) is -0.231. The number of carbonyl (C=O) groups excluding carboxylic acids is 2. The lowest BCUT2D eigenvalue weighted by atomic mass is 10.0. The van der Waals surface area contributed by atoms with Crippen LogP contribution in [-0.4, -0.2) is 68.6 Å². The molecular formula is C28H66N3O4P. The number of ether oxygens (including phenoxy) is 2. The molecule has 0 aliphatic carbocycles. The monoisotopic (exact) mass is 539 g/mol. The van der Waals surface area contributed by atoms with Gasteiger partial charge in [0.25, 0.3) is 0 Å². The van der Waals surface area contributed by atoms with Crippen LogP contribution in [0.2, 0.25) is 0 Å². The van der Waals surface area contributed by atoms with Gasteiger partial charge in [-0.05, 0) is 81.3 Å². The first-order valence-corrected chi connectivity index (χ1v) is 14.9. The molecule has 3 N–H and O–H groups in total. The third kappa shape index (κ3) is 37.8. The molecule has 7 nitrogen and oxygen atoms in total. The van der Waals surface area contributed by atoms with E-state index in [4.69, 9.17) is 9.47 Å². The summed E-state index contributed by atoms with van der Waals surface area (Å²) in [4.78, 5) is 22.7. The minimum atomic E-state index is -0.271. The highest BCUT2D eigenvalue weighted by molar-refractivity contribution is 7.18. The summed E-state index contributed by atoms with van der Waals surface area (Å²) in [6.07, 6.45) is 3.47. The lowest BCUT2D eigenvalue weighted by Gasteiger charge is -2.26. The molecular weight excluding hydrogens is 473 g/mol. The molecule has 0 saturated carbocycles. The molecule has 0 heterocycles. The average Bonchev–Trinajstić information content (AvgIpc) is 2.85. The Morgan fingerprint density at radius 1 is 0.917 bits per heavy atom. The number of nitrogens with one attached hydrogen (secondary N) is 3. The molecule has 0 aliphatic heterocycles. The van der Waals surface area contributed by atoms with Gasteiger partial charge >= 0.3 is 0 Å². The van der Waals surface area contributed by atoms with Gasteiger partial charge in [-0.3, -0.25) is 9.59 Å². The Morgan fingerprint density at radius 3 is 1.86 bits per heavy atom. The minimum absolute atomic E-state index is 0.0179. The Balaban J connectivity index is -0.000000168. The van der Waals surface area contributed by atoms with Crippen LogP contribution in [0, 0.1) is 0 Å². The topological polar surface area (TPSA) is 88.7 Å². The Labute approximate surface area is 228 Å². The summed E-state index contributed by atoms with van der Waals surface area (Å²) in [6, 6.07) is 0. The molecule has 36 heavy (non-hydrogen) atoms. The normalized spacial score (nSPS) is 11.0. The molecule has 0 aromatic rings. The van der Waals surface area contributed by atoms with Crippen LogP contribution in [0.4, 0.5) is 0 Å². The van der Waals surface area contributed by atoms with E-state index in [0.717, 1.165) is 26.0 Å². The summed E-state index contributed by atoms with van der Waals surface area (Å²) in [5.74, 6) is 0.0836. The molecule has 0 radical (unpaired) electrons. The van der Waals surface area contributed by atoms with Crippen molar-refractivity contribution >= 4 is 21.1 Å². The van der Waals surface area contributed by atoms with Crippen molar-refractivity contribution in [1.29, 1.82) is 0 Å². The van der Waals surface area contributed by atoms with E-state index in [-0.39, 0.29) is 29.1 Å². The van der Waals surface area contributed by atoms with E-state index in [1.54, 1.807) is 0 Å². The van der Waals surface area contributed by atoms with Crippen LogP contribution < -0.4 is 16.0 Å². The zero-order valence-corrected chi connectivity index (χ0v) is 27.8. The molecule has 0 aromatic heterocycles. The number of amides is 2. The van der Waals surface area contributed by atoms with Crippen LogP contribution >= 0.6 is 9.24 Å². The van der Waals surface area contributed by atoms with E-state index in [1.165, 1.54) is 0 Å². The molecule has 0 saturated heterocycles. The second-order valence-electron chi connectivity index (χ2n) is 8.61. The number of hydrogen-bond donors (Lipinski definition) is 3. The maximum atomic E-state index is 11.3. The quantitative estimate of drug-likeness (QED) is 0.224. The van der Waals surface area contributed by atoms with E-state index >= 15 is 0 Å². The van der Waals surface area contributed by atoms with Gasteiger partial charge in [0.15, 0.2) is 0 Å². The summed E-state index contributed by atoms with van der Waals surface area (Å²) < 4.78 is 11.2. The SMILES string of the molecule is CC.CC.CC.CCNC(=O)CCC(C)OCCC(C)(C)NC(=O)CP.CCOC(C)(C)CCNC. The van der Waals surface area contributed by atoms with E-state index < -0.39 is 0 Å². The van der Waals surface area contributed by atoms with Gasteiger partial charge in [0.1, 0.15) is 0 Å². The molecule has 0 rings (SSSR count). The summed E-state index contributed by atoms with van der Waals surface area (Å²) in [6.45, 7) is 29.2. The van der Waals surface area contributed by atoms with E-state index in [1.807, 2.05) is 83.2 Å². The van der Waals surface area contributed by atoms with Gasteiger partial charge in [-0.25, -0.2) is 0 Å². The van der Waals surface area contributed by atoms with Crippen LogP contribution in [-0.2, 0) is 19.1 Å². The van der Waals surface area contributed by atoms with Gasteiger partial charge in [0, 0.05) is 37.9 Å². The van der Waals surface area contributed by atoms with Gasteiger partial charge in [-0.15, -0.1) is 9.24 Å². The first-order valence-electron chi connectivity index (χ1n) is 14.1. The van der Waals surface area contributed by atoms with Gasteiger partial charge in [0.2, 0.25) is 11.8 Å². The third-order valence-electron chi connectivity index (χ3n) is 4.46. The molecule has 0 aromatic carbocycles. The second-order valence-corrected chi connectivity index (χ2v) is 9.01. The largest absolute Gasteiger partial charge is 0.378 e. The number of rotatable bonds is 15. The Hall–Kier alpha value is -0.750. The van der Waals surface area contributed by atoms with Crippen molar-refractivity contribution in [1.82, 2.24) is 16.0 Å². The Morgan fingerprint density at radius 2 is 1.44 bits per heavy atom. The second kappa shape index (κ2) is 32.3. The smallest absolute Gasteiger partial charge is 0.224 e.